The Balaban J connectivity index is 0.000000338. The average Bonchev–Trinajstić information content (AvgIpc) is 3.40. The van der Waals surface area contributed by atoms with Gasteiger partial charge in [0.25, 0.3) is 0 Å². The molecule has 6 heteroatoms. The van der Waals surface area contributed by atoms with E-state index in [1.807, 2.05) is 29.7 Å². The second kappa shape index (κ2) is 11.2. The van der Waals surface area contributed by atoms with Gasteiger partial charge in [0.05, 0.1) is 5.76 Å². The third-order valence-electron chi connectivity index (χ3n) is 5.95. The molecule has 1 aliphatic heterocycles. The largest absolute Gasteiger partial charge is 0.512 e. The molecule has 36 heavy (non-hydrogen) atoms. The van der Waals surface area contributed by atoms with Gasteiger partial charge >= 0.3 is 0 Å². The Morgan fingerprint density at radius 1 is 0.944 bits per heavy atom. The van der Waals surface area contributed by atoms with E-state index in [0.29, 0.717) is 0 Å². The van der Waals surface area contributed by atoms with Crippen molar-refractivity contribution in [1.29, 1.82) is 0 Å². The number of rotatable bonds is 3. The SMILES string of the molecule is CC(=O)/C=C(/C)O.[Ir].[c-]1cccc2c1-c1ncccc1B2c1sc2ccccc2c1-c1ccccc1. The number of carbonyl (C=O) groups is 1. The molecule has 0 atom stereocenters. The number of benzene rings is 3. The number of hydrogen-bond donors (Lipinski definition) is 1. The number of allylic oxidation sites excluding steroid dienone is 2. The number of aliphatic hydroxyl groups excluding tert-OH is 1. The molecule has 0 spiro atoms. The number of thiophene rings is 1. The first-order valence-corrected chi connectivity index (χ1v) is 12.3. The summed E-state index contributed by atoms with van der Waals surface area (Å²) in [5.74, 6) is -0.0625. The standard InChI is InChI=1S/C25H15BNS.C5H8O2.Ir/c1-2-9-17(10-3-1)23-19-12-5-7-15-22(19)28-25(23)26-20-13-6-4-11-18(20)24-21(26)14-8-16-27-24;1-4(6)3-5(2)7;/h1-10,12-16H;3,6H,1-2H3;/q-1;;/b;4-3-;. The number of pyridine rings is 1. The molecule has 3 nitrogen and oxygen atoms in total. The van der Waals surface area contributed by atoms with Gasteiger partial charge in [-0.3, -0.25) is 4.79 Å². The van der Waals surface area contributed by atoms with E-state index >= 15 is 0 Å². The van der Waals surface area contributed by atoms with E-state index in [0.717, 1.165) is 11.3 Å². The first kappa shape index (κ1) is 25.8. The molecule has 1 aliphatic rings. The van der Waals surface area contributed by atoms with Crippen LogP contribution in [0.4, 0.5) is 0 Å². The average molecular weight is 665 g/mol. The van der Waals surface area contributed by atoms with Gasteiger partial charge in [0.2, 0.25) is 0 Å². The summed E-state index contributed by atoms with van der Waals surface area (Å²) < 4.78 is 2.72. The van der Waals surface area contributed by atoms with Crippen LogP contribution in [0.15, 0.2) is 103 Å². The molecule has 3 aromatic carbocycles. The van der Waals surface area contributed by atoms with E-state index in [2.05, 4.69) is 78.9 Å². The summed E-state index contributed by atoms with van der Waals surface area (Å²) in [5, 5.41) is 9.69. The topological polar surface area (TPSA) is 50.2 Å². The molecule has 0 saturated carbocycles. The van der Waals surface area contributed by atoms with Crippen LogP contribution in [0.3, 0.4) is 0 Å². The summed E-state index contributed by atoms with van der Waals surface area (Å²) in [6, 6.07) is 33.5. The van der Waals surface area contributed by atoms with E-state index in [9.17, 15) is 4.79 Å². The summed E-state index contributed by atoms with van der Waals surface area (Å²) >= 11 is 1.90. The van der Waals surface area contributed by atoms with Crippen molar-refractivity contribution in [3.63, 3.8) is 0 Å². The van der Waals surface area contributed by atoms with Crippen molar-refractivity contribution in [3.05, 3.63) is 109 Å². The molecule has 179 valence electrons. The predicted molar refractivity (Wildman–Crippen MR) is 147 cm³/mol. The molecule has 0 bridgehead atoms. The summed E-state index contributed by atoms with van der Waals surface area (Å²) in [4.78, 5) is 14.7. The second-order valence-corrected chi connectivity index (χ2v) is 9.56. The molecule has 0 amide bonds. The molecule has 3 heterocycles. The van der Waals surface area contributed by atoms with Gasteiger partial charge in [0.1, 0.15) is 0 Å². The van der Waals surface area contributed by atoms with Gasteiger partial charge in [0.15, 0.2) is 12.5 Å². The quantitative estimate of drug-likeness (QED) is 0.121. The van der Waals surface area contributed by atoms with Crippen molar-refractivity contribution in [3.8, 4) is 22.4 Å². The molecule has 6 rings (SSSR count). The third kappa shape index (κ3) is 4.98. The predicted octanol–water partition coefficient (Wildman–Crippen LogP) is 5.29. The number of fused-ring (bicyclic) bond motifs is 4. The number of ketones is 1. The van der Waals surface area contributed by atoms with E-state index in [4.69, 9.17) is 10.1 Å². The monoisotopic (exact) mass is 665 g/mol. The van der Waals surface area contributed by atoms with Crippen molar-refractivity contribution in [1.82, 2.24) is 4.98 Å². The van der Waals surface area contributed by atoms with Crippen LogP contribution >= 0.6 is 11.3 Å². The smallest absolute Gasteiger partial charge is 0.195 e. The van der Waals surface area contributed by atoms with Crippen molar-refractivity contribution in [2.24, 2.45) is 0 Å². The number of carbonyl (C=O) groups excluding carboxylic acids is 1. The van der Waals surface area contributed by atoms with Crippen LogP contribution in [0, 0.1) is 6.07 Å². The van der Waals surface area contributed by atoms with Gasteiger partial charge < -0.3 is 10.1 Å². The van der Waals surface area contributed by atoms with E-state index < -0.39 is 0 Å². The maximum Gasteiger partial charge on any atom is 0.195 e. The maximum absolute atomic E-state index is 10.0. The maximum atomic E-state index is 10.0. The second-order valence-electron chi connectivity index (χ2n) is 8.47. The first-order chi connectivity index (χ1) is 17.0. The van der Waals surface area contributed by atoms with Crippen LogP contribution in [-0.4, -0.2) is 22.6 Å². The van der Waals surface area contributed by atoms with Gasteiger partial charge in [-0.05, 0) is 53.0 Å². The summed E-state index contributed by atoms with van der Waals surface area (Å²) in [7, 11) is 0. The van der Waals surface area contributed by atoms with Crippen LogP contribution in [-0.2, 0) is 24.9 Å². The molecular formula is C30H23BIrNO2S-. The molecule has 5 aromatic rings. The Morgan fingerprint density at radius 3 is 2.39 bits per heavy atom. The first-order valence-electron chi connectivity index (χ1n) is 11.4. The van der Waals surface area contributed by atoms with E-state index in [1.165, 1.54) is 56.8 Å². The zero-order valence-corrected chi connectivity index (χ0v) is 23.1. The minimum absolute atomic E-state index is 0. The van der Waals surface area contributed by atoms with Crippen molar-refractivity contribution >= 4 is 49.6 Å². The van der Waals surface area contributed by atoms with Crippen LogP contribution in [0.2, 0.25) is 0 Å². The van der Waals surface area contributed by atoms with Gasteiger partial charge in [-0.1, -0.05) is 60.1 Å². The summed E-state index contributed by atoms with van der Waals surface area (Å²) in [6.45, 7) is 3.05. The van der Waals surface area contributed by atoms with Gasteiger partial charge in [-0.2, -0.15) is 0 Å². The Labute approximate surface area is 229 Å². The molecule has 2 aromatic heterocycles. The third-order valence-corrected chi connectivity index (χ3v) is 7.18. The minimum Gasteiger partial charge on any atom is -0.512 e. The van der Waals surface area contributed by atoms with Crippen molar-refractivity contribution < 1.29 is 30.0 Å². The van der Waals surface area contributed by atoms with Crippen molar-refractivity contribution in [2.45, 2.75) is 13.8 Å². The normalized spacial score (nSPS) is 11.7. The van der Waals surface area contributed by atoms with E-state index in [1.54, 1.807) is 0 Å². The Morgan fingerprint density at radius 2 is 1.67 bits per heavy atom. The summed E-state index contributed by atoms with van der Waals surface area (Å²) in [5.41, 5.74) is 7.41. The molecular weight excluding hydrogens is 641 g/mol. The Hall–Kier alpha value is -3.31. The van der Waals surface area contributed by atoms with Gasteiger partial charge in [-0.25, -0.2) is 0 Å². The molecule has 0 unspecified atom stereocenters. The molecule has 0 aliphatic carbocycles. The minimum atomic E-state index is -0.125. The van der Waals surface area contributed by atoms with Crippen LogP contribution in [0.1, 0.15) is 13.8 Å². The molecule has 1 N–H and O–H groups in total. The van der Waals surface area contributed by atoms with E-state index in [-0.39, 0.29) is 38.4 Å². The number of hydrogen-bond acceptors (Lipinski definition) is 4. The van der Waals surface area contributed by atoms with Crippen LogP contribution in [0.5, 0.6) is 0 Å². The van der Waals surface area contributed by atoms with Gasteiger partial charge in [0, 0.05) is 37.1 Å². The zero-order chi connectivity index (χ0) is 24.4. The van der Waals surface area contributed by atoms with Crippen LogP contribution < -0.4 is 15.7 Å². The number of aromatic nitrogens is 1. The number of aliphatic hydroxyl groups is 1. The molecule has 0 saturated heterocycles. The number of nitrogens with zero attached hydrogens (tertiary/aromatic N) is 1. The van der Waals surface area contributed by atoms with Crippen molar-refractivity contribution in [2.75, 3.05) is 0 Å². The Bertz CT molecular complexity index is 1510. The Kier molecular flexibility index (Phi) is 8.00. The molecule has 1 radical (unpaired) electrons. The van der Waals surface area contributed by atoms with Gasteiger partial charge in [-0.15, -0.1) is 46.6 Å². The fourth-order valence-corrected chi connectivity index (χ4v) is 6.03. The molecule has 0 fully saturated rings. The van der Waals surface area contributed by atoms with Crippen LogP contribution in [0.25, 0.3) is 32.5 Å². The fourth-order valence-electron chi connectivity index (χ4n) is 4.67. The summed E-state index contributed by atoms with van der Waals surface area (Å²) in [6.07, 6.45) is 3.05. The fraction of sp³-hybridized carbons (Fsp3) is 0.0667. The zero-order valence-electron chi connectivity index (χ0n) is 19.9.